The molecule has 0 radical (unpaired) electrons. The standard InChI is InChI=1S/C14H28N2O/c1-3-17-14-7-10-16(11-8-14)12(2)6-9-15-13-4-5-13/h12-15H,3-11H2,1-2H3. The first-order valence-electron chi connectivity index (χ1n) is 7.38. The minimum Gasteiger partial charge on any atom is -0.378 e. The highest BCUT2D eigenvalue weighted by atomic mass is 16.5. The van der Waals surface area contributed by atoms with E-state index in [1.807, 2.05) is 0 Å². The molecule has 1 atom stereocenters. The first-order chi connectivity index (χ1) is 8.29. The van der Waals surface area contributed by atoms with E-state index in [0.717, 1.165) is 18.7 Å². The van der Waals surface area contributed by atoms with Gasteiger partial charge in [-0.05, 0) is 52.5 Å². The zero-order valence-corrected chi connectivity index (χ0v) is 11.5. The highest BCUT2D eigenvalue weighted by Crippen LogP contribution is 2.20. The SMILES string of the molecule is CCOC1CCN(C(C)CCNC2CC2)CC1. The van der Waals surface area contributed by atoms with Crippen molar-refractivity contribution in [2.24, 2.45) is 0 Å². The second-order valence-electron chi connectivity index (χ2n) is 5.56. The summed E-state index contributed by atoms with van der Waals surface area (Å²) in [4.78, 5) is 2.63. The molecule has 0 aromatic rings. The Morgan fingerprint density at radius 2 is 1.94 bits per heavy atom. The summed E-state index contributed by atoms with van der Waals surface area (Å²) in [6, 6.07) is 1.58. The molecule has 3 heteroatoms. The van der Waals surface area contributed by atoms with Crippen LogP contribution in [-0.2, 0) is 4.74 Å². The number of rotatable bonds is 7. The largest absolute Gasteiger partial charge is 0.378 e. The predicted molar refractivity (Wildman–Crippen MR) is 71.3 cm³/mol. The Balaban J connectivity index is 1.57. The number of hydrogen-bond donors (Lipinski definition) is 1. The van der Waals surface area contributed by atoms with Crippen LogP contribution in [0.5, 0.6) is 0 Å². The highest BCUT2D eigenvalue weighted by Gasteiger charge is 2.24. The van der Waals surface area contributed by atoms with Crippen LogP contribution in [0, 0.1) is 0 Å². The van der Waals surface area contributed by atoms with E-state index in [2.05, 4.69) is 24.1 Å². The van der Waals surface area contributed by atoms with E-state index < -0.39 is 0 Å². The van der Waals surface area contributed by atoms with Crippen LogP contribution in [-0.4, -0.2) is 49.3 Å². The zero-order valence-electron chi connectivity index (χ0n) is 11.5. The van der Waals surface area contributed by atoms with Crippen molar-refractivity contribution in [3.63, 3.8) is 0 Å². The van der Waals surface area contributed by atoms with Crippen molar-refractivity contribution in [3.8, 4) is 0 Å². The lowest BCUT2D eigenvalue weighted by molar-refractivity contribution is 0.00507. The summed E-state index contributed by atoms with van der Waals surface area (Å²) in [6.45, 7) is 8.96. The van der Waals surface area contributed by atoms with Crippen molar-refractivity contribution < 1.29 is 4.74 Å². The topological polar surface area (TPSA) is 24.5 Å². The Morgan fingerprint density at radius 3 is 2.53 bits per heavy atom. The van der Waals surface area contributed by atoms with Crippen LogP contribution in [0.25, 0.3) is 0 Å². The molecular weight excluding hydrogens is 212 g/mol. The summed E-state index contributed by atoms with van der Waals surface area (Å²) >= 11 is 0. The van der Waals surface area contributed by atoms with Gasteiger partial charge in [0.15, 0.2) is 0 Å². The molecular formula is C14H28N2O. The number of piperidine rings is 1. The molecule has 2 aliphatic rings. The number of likely N-dealkylation sites (tertiary alicyclic amines) is 1. The number of ether oxygens (including phenoxy) is 1. The van der Waals surface area contributed by atoms with Gasteiger partial charge < -0.3 is 15.0 Å². The first kappa shape index (κ1) is 13.3. The fourth-order valence-corrected chi connectivity index (χ4v) is 2.69. The summed E-state index contributed by atoms with van der Waals surface area (Å²) in [7, 11) is 0. The van der Waals surface area contributed by atoms with Crippen molar-refractivity contribution in [1.29, 1.82) is 0 Å². The van der Waals surface area contributed by atoms with Gasteiger partial charge >= 0.3 is 0 Å². The zero-order chi connectivity index (χ0) is 12.1. The molecule has 3 nitrogen and oxygen atoms in total. The molecule has 2 rings (SSSR count). The maximum atomic E-state index is 5.69. The van der Waals surface area contributed by atoms with Crippen molar-refractivity contribution in [1.82, 2.24) is 10.2 Å². The van der Waals surface area contributed by atoms with Crippen LogP contribution in [0.1, 0.15) is 46.0 Å². The molecule has 2 fully saturated rings. The van der Waals surface area contributed by atoms with E-state index in [-0.39, 0.29) is 0 Å². The number of nitrogens with one attached hydrogen (secondary N) is 1. The minimum atomic E-state index is 0.521. The Kier molecular flexibility index (Phi) is 5.26. The summed E-state index contributed by atoms with van der Waals surface area (Å²) < 4.78 is 5.69. The average Bonchev–Trinajstić information content (AvgIpc) is 3.14. The summed E-state index contributed by atoms with van der Waals surface area (Å²) in [6.07, 6.45) is 7.04. The molecule has 1 unspecified atom stereocenters. The lowest BCUT2D eigenvalue weighted by Gasteiger charge is -2.36. The third kappa shape index (κ3) is 4.57. The fraction of sp³-hybridized carbons (Fsp3) is 1.00. The van der Waals surface area contributed by atoms with Crippen molar-refractivity contribution in [3.05, 3.63) is 0 Å². The van der Waals surface area contributed by atoms with Crippen LogP contribution in [0.4, 0.5) is 0 Å². The van der Waals surface area contributed by atoms with Crippen molar-refractivity contribution in [2.45, 2.75) is 64.1 Å². The molecule has 0 bridgehead atoms. The van der Waals surface area contributed by atoms with E-state index >= 15 is 0 Å². The van der Waals surface area contributed by atoms with Gasteiger partial charge in [-0.1, -0.05) is 0 Å². The van der Waals surface area contributed by atoms with Gasteiger partial charge in [0.25, 0.3) is 0 Å². The minimum absolute atomic E-state index is 0.521. The molecule has 1 aliphatic heterocycles. The molecule has 1 saturated carbocycles. The summed E-state index contributed by atoms with van der Waals surface area (Å²) in [5.41, 5.74) is 0. The predicted octanol–water partition coefficient (Wildman–Crippen LogP) is 2.02. The molecule has 0 aromatic heterocycles. The Labute approximate surface area is 106 Å². The third-order valence-electron chi connectivity index (χ3n) is 4.07. The van der Waals surface area contributed by atoms with E-state index in [1.165, 1.54) is 51.7 Å². The van der Waals surface area contributed by atoms with Crippen LogP contribution < -0.4 is 5.32 Å². The van der Waals surface area contributed by atoms with E-state index in [0.29, 0.717) is 6.10 Å². The molecule has 0 amide bonds. The molecule has 1 heterocycles. The van der Waals surface area contributed by atoms with Gasteiger partial charge in [0.2, 0.25) is 0 Å². The van der Waals surface area contributed by atoms with Crippen LogP contribution >= 0.6 is 0 Å². The molecule has 1 aliphatic carbocycles. The van der Waals surface area contributed by atoms with E-state index in [4.69, 9.17) is 4.74 Å². The molecule has 1 saturated heterocycles. The summed E-state index contributed by atoms with van der Waals surface area (Å²) in [5.74, 6) is 0. The lowest BCUT2D eigenvalue weighted by Crippen LogP contribution is -2.43. The Bertz CT molecular complexity index is 210. The third-order valence-corrected chi connectivity index (χ3v) is 4.07. The number of hydrogen-bond acceptors (Lipinski definition) is 3. The lowest BCUT2D eigenvalue weighted by atomic mass is 10.0. The molecule has 17 heavy (non-hydrogen) atoms. The van der Waals surface area contributed by atoms with Crippen LogP contribution in [0.3, 0.4) is 0 Å². The van der Waals surface area contributed by atoms with Gasteiger partial charge in [-0.15, -0.1) is 0 Å². The van der Waals surface area contributed by atoms with Crippen LogP contribution in [0.2, 0.25) is 0 Å². The van der Waals surface area contributed by atoms with Gasteiger partial charge in [-0.25, -0.2) is 0 Å². The van der Waals surface area contributed by atoms with Gasteiger partial charge in [0.1, 0.15) is 0 Å². The van der Waals surface area contributed by atoms with Gasteiger partial charge in [0, 0.05) is 31.8 Å². The maximum Gasteiger partial charge on any atom is 0.0599 e. The van der Waals surface area contributed by atoms with Gasteiger partial charge in [-0.3, -0.25) is 0 Å². The average molecular weight is 240 g/mol. The smallest absolute Gasteiger partial charge is 0.0599 e. The van der Waals surface area contributed by atoms with Crippen molar-refractivity contribution >= 4 is 0 Å². The highest BCUT2D eigenvalue weighted by molar-refractivity contribution is 4.82. The number of nitrogens with zero attached hydrogens (tertiary/aromatic N) is 1. The Morgan fingerprint density at radius 1 is 1.24 bits per heavy atom. The van der Waals surface area contributed by atoms with E-state index in [9.17, 15) is 0 Å². The quantitative estimate of drug-likeness (QED) is 0.737. The second kappa shape index (κ2) is 6.72. The second-order valence-corrected chi connectivity index (χ2v) is 5.56. The summed E-state index contributed by atoms with van der Waals surface area (Å²) in [5, 5.41) is 3.60. The molecule has 0 aromatic carbocycles. The van der Waals surface area contributed by atoms with Gasteiger partial charge in [-0.2, -0.15) is 0 Å². The Hall–Kier alpha value is -0.120. The fourth-order valence-electron chi connectivity index (χ4n) is 2.69. The molecule has 1 N–H and O–H groups in total. The van der Waals surface area contributed by atoms with Crippen molar-refractivity contribution in [2.75, 3.05) is 26.2 Å². The normalized spacial score (nSPS) is 25.1. The van der Waals surface area contributed by atoms with Gasteiger partial charge in [0.05, 0.1) is 6.10 Å². The molecule has 100 valence electrons. The van der Waals surface area contributed by atoms with E-state index in [1.54, 1.807) is 0 Å². The first-order valence-corrected chi connectivity index (χ1v) is 7.38. The molecule has 0 spiro atoms. The van der Waals surface area contributed by atoms with Crippen LogP contribution in [0.15, 0.2) is 0 Å². The maximum absolute atomic E-state index is 5.69. The monoisotopic (exact) mass is 240 g/mol.